The minimum Gasteiger partial charge on any atom is -0.480 e. The van der Waals surface area contributed by atoms with Crippen LogP contribution in [-0.4, -0.2) is 23.0 Å². The standard InChI is InChI=1S/C18H15F4NO3/c19-14-3-1-2-12(8-14)9-15(17(25)26)23-16(24)10-11-4-6-13(7-5-11)18(20,21)22/h1-8,15H,9-10H2,(H,23,24)(H,25,26)/t15-/m1/s1. The molecule has 0 aliphatic rings. The van der Waals surface area contributed by atoms with E-state index in [0.717, 1.165) is 30.3 Å². The molecule has 1 amide bonds. The Morgan fingerprint density at radius 3 is 2.23 bits per heavy atom. The maximum Gasteiger partial charge on any atom is 0.416 e. The van der Waals surface area contributed by atoms with Crippen LogP contribution in [0.3, 0.4) is 0 Å². The normalized spacial score (nSPS) is 12.5. The predicted octanol–water partition coefficient (Wildman–Crippen LogP) is 3.20. The van der Waals surface area contributed by atoms with Crippen LogP contribution >= 0.6 is 0 Å². The molecule has 0 heterocycles. The first-order chi connectivity index (χ1) is 12.1. The highest BCUT2D eigenvalue weighted by molar-refractivity contribution is 5.85. The molecule has 0 saturated carbocycles. The average Bonchev–Trinajstić information content (AvgIpc) is 2.53. The van der Waals surface area contributed by atoms with Gasteiger partial charge in [-0.15, -0.1) is 0 Å². The van der Waals surface area contributed by atoms with E-state index < -0.39 is 35.5 Å². The summed E-state index contributed by atoms with van der Waals surface area (Å²) in [6.45, 7) is 0. The Labute approximate surface area is 146 Å². The molecule has 1 atom stereocenters. The molecule has 0 aliphatic carbocycles. The van der Waals surface area contributed by atoms with Gasteiger partial charge in [0.1, 0.15) is 11.9 Å². The molecule has 4 nitrogen and oxygen atoms in total. The van der Waals surface area contributed by atoms with Gasteiger partial charge >= 0.3 is 12.1 Å². The summed E-state index contributed by atoms with van der Waals surface area (Å²) in [5.41, 5.74) is -0.131. The third-order valence-corrected chi connectivity index (χ3v) is 3.61. The highest BCUT2D eigenvalue weighted by atomic mass is 19.4. The summed E-state index contributed by atoms with van der Waals surface area (Å²) in [4.78, 5) is 23.3. The van der Waals surface area contributed by atoms with Crippen molar-refractivity contribution in [1.82, 2.24) is 5.32 Å². The number of aliphatic carboxylic acids is 1. The molecular formula is C18H15F4NO3. The summed E-state index contributed by atoms with van der Waals surface area (Å²) >= 11 is 0. The van der Waals surface area contributed by atoms with Crippen molar-refractivity contribution in [3.8, 4) is 0 Å². The molecule has 0 spiro atoms. The number of rotatable bonds is 6. The number of amides is 1. The minimum absolute atomic E-state index is 0.119. The second-order valence-electron chi connectivity index (χ2n) is 5.66. The van der Waals surface area contributed by atoms with Gasteiger partial charge < -0.3 is 10.4 Å². The summed E-state index contributed by atoms with van der Waals surface area (Å²) in [6, 6.07) is 8.07. The van der Waals surface area contributed by atoms with Gasteiger partial charge in [0, 0.05) is 6.42 Å². The van der Waals surface area contributed by atoms with E-state index in [1.54, 1.807) is 0 Å². The number of benzene rings is 2. The van der Waals surface area contributed by atoms with Crippen LogP contribution in [0.2, 0.25) is 0 Å². The van der Waals surface area contributed by atoms with Crippen LogP contribution in [0.15, 0.2) is 48.5 Å². The Hall–Kier alpha value is -2.90. The van der Waals surface area contributed by atoms with Crippen LogP contribution in [0, 0.1) is 5.82 Å². The van der Waals surface area contributed by atoms with E-state index in [2.05, 4.69) is 5.32 Å². The molecule has 2 aromatic carbocycles. The van der Waals surface area contributed by atoms with Crippen LogP contribution in [0.4, 0.5) is 17.6 Å². The quantitative estimate of drug-likeness (QED) is 0.769. The van der Waals surface area contributed by atoms with Gasteiger partial charge in [-0.05, 0) is 35.4 Å². The molecule has 2 rings (SSSR count). The first-order valence-electron chi connectivity index (χ1n) is 7.58. The van der Waals surface area contributed by atoms with E-state index in [-0.39, 0.29) is 12.8 Å². The van der Waals surface area contributed by atoms with Crippen molar-refractivity contribution in [1.29, 1.82) is 0 Å². The molecule has 0 fully saturated rings. The van der Waals surface area contributed by atoms with Crippen molar-refractivity contribution < 1.29 is 32.3 Å². The summed E-state index contributed by atoms with van der Waals surface area (Å²) in [5, 5.41) is 11.5. The van der Waals surface area contributed by atoms with Crippen LogP contribution in [0.5, 0.6) is 0 Å². The zero-order chi connectivity index (χ0) is 19.3. The fourth-order valence-corrected chi connectivity index (χ4v) is 2.34. The summed E-state index contributed by atoms with van der Waals surface area (Å²) in [5.74, 6) is -2.48. The van der Waals surface area contributed by atoms with Crippen LogP contribution in [0.1, 0.15) is 16.7 Å². The molecule has 8 heteroatoms. The highest BCUT2D eigenvalue weighted by Gasteiger charge is 2.30. The molecule has 2 N–H and O–H groups in total. The average molecular weight is 369 g/mol. The molecule has 0 radical (unpaired) electrons. The van der Waals surface area contributed by atoms with Crippen LogP contribution in [-0.2, 0) is 28.6 Å². The van der Waals surface area contributed by atoms with E-state index >= 15 is 0 Å². The molecule has 0 saturated heterocycles. The number of carbonyl (C=O) groups is 2. The summed E-state index contributed by atoms with van der Waals surface area (Å²) in [7, 11) is 0. The van der Waals surface area contributed by atoms with E-state index in [4.69, 9.17) is 0 Å². The van der Waals surface area contributed by atoms with Crippen molar-refractivity contribution in [2.75, 3.05) is 0 Å². The van der Waals surface area contributed by atoms with E-state index in [0.29, 0.717) is 11.1 Å². The lowest BCUT2D eigenvalue weighted by Gasteiger charge is -2.15. The second-order valence-corrected chi connectivity index (χ2v) is 5.66. The van der Waals surface area contributed by atoms with E-state index in [1.165, 1.54) is 18.2 Å². The van der Waals surface area contributed by atoms with Crippen molar-refractivity contribution in [3.05, 3.63) is 71.0 Å². The largest absolute Gasteiger partial charge is 0.480 e. The summed E-state index contributed by atoms with van der Waals surface area (Å²) < 4.78 is 50.7. The van der Waals surface area contributed by atoms with Crippen molar-refractivity contribution in [3.63, 3.8) is 0 Å². The predicted molar refractivity (Wildman–Crippen MR) is 84.8 cm³/mol. The Bertz CT molecular complexity index is 788. The topological polar surface area (TPSA) is 66.4 Å². The molecule has 0 aliphatic heterocycles. The van der Waals surface area contributed by atoms with Gasteiger partial charge in [0.25, 0.3) is 0 Å². The van der Waals surface area contributed by atoms with Gasteiger partial charge in [-0.1, -0.05) is 24.3 Å². The molecule has 0 aromatic heterocycles. The third-order valence-electron chi connectivity index (χ3n) is 3.61. The number of halogens is 4. The Kier molecular flexibility index (Phi) is 5.97. The van der Waals surface area contributed by atoms with Gasteiger partial charge in [0.05, 0.1) is 12.0 Å². The van der Waals surface area contributed by atoms with E-state index in [1.807, 2.05) is 0 Å². The van der Waals surface area contributed by atoms with Crippen molar-refractivity contribution in [2.45, 2.75) is 25.1 Å². The van der Waals surface area contributed by atoms with Crippen LogP contribution in [0.25, 0.3) is 0 Å². The maximum atomic E-state index is 13.2. The number of carboxylic acids is 1. The molecule has 0 bridgehead atoms. The number of carboxylic acid groups (broad SMARTS) is 1. The first kappa shape index (κ1) is 19.4. The fraction of sp³-hybridized carbons (Fsp3) is 0.222. The number of alkyl halides is 3. The number of nitrogens with one attached hydrogen (secondary N) is 1. The minimum atomic E-state index is -4.47. The van der Waals surface area contributed by atoms with E-state index in [9.17, 15) is 32.3 Å². The third kappa shape index (κ3) is 5.58. The molecule has 138 valence electrons. The van der Waals surface area contributed by atoms with Gasteiger partial charge in [0.2, 0.25) is 5.91 Å². The maximum absolute atomic E-state index is 13.2. The zero-order valence-electron chi connectivity index (χ0n) is 13.4. The Balaban J connectivity index is 2.00. The lowest BCUT2D eigenvalue weighted by atomic mass is 10.0. The molecular weight excluding hydrogens is 354 g/mol. The van der Waals surface area contributed by atoms with Gasteiger partial charge in [-0.25, -0.2) is 9.18 Å². The van der Waals surface area contributed by atoms with Gasteiger partial charge in [0.15, 0.2) is 0 Å². The fourth-order valence-electron chi connectivity index (χ4n) is 2.34. The number of carbonyl (C=O) groups excluding carboxylic acids is 1. The summed E-state index contributed by atoms with van der Waals surface area (Å²) in [6.07, 6.45) is -4.86. The van der Waals surface area contributed by atoms with Crippen molar-refractivity contribution in [2.24, 2.45) is 0 Å². The zero-order valence-corrected chi connectivity index (χ0v) is 13.4. The highest BCUT2D eigenvalue weighted by Crippen LogP contribution is 2.29. The SMILES string of the molecule is O=C(Cc1ccc(C(F)(F)F)cc1)N[C@H](Cc1cccc(F)c1)C(=O)O. The van der Waals surface area contributed by atoms with Gasteiger partial charge in [-0.3, -0.25) is 4.79 Å². The molecule has 0 unspecified atom stereocenters. The number of hydrogen-bond acceptors (Lipinski definition) is 2. The smallest absolute Gasteiger partial charge is 0.416 e. The Morgan fingerprint density at radius 1 is 1.04 bits per heavy atom. The number of hydrogen-bond donors (Lipinski definition) is 2. The van der Waals surface area contributed by atoms with Crippen molar-refractivity contribution >= 4 is 11.9 Å². The first-order valence-corrected chi connectivity index (χ1v) is 7.58. The lowest BCUT2D eigenvalue weighted by molar-refractivity contribution is -0.141. The monoisotopic (exact) mass is 369 g/mol. The molecule has 26 heavy (non-hydrogen) atoms. The second kappa shape index (κ2) is 7.99. The van der Waals surface area contributed by atoms with Gasteiger partial charge in [-0.2, -0.15) is 13.2 Å². The van der Waals surface area contributed by atoms with Crippen LogP contribution < -0.4 is 5.32 Å². The molecule has 2 aromatic rings. The lowest BCUT2D eigenvalue weighted by Crippen LogP contribution is -2.43. The Morgan fingerprint density at radius 2 is 1.69 bits per heavy atom.